The molecular formula is C25H27NO5. The molecule has 1 fully saturated rings. The summed E-state index contributed by atoms with van der Waals surface area (Å²) in [5.74, 6) is 0.323. The third-order valence-corrected chi connectivity index (χ3v) is 5.79. The number of hydrogen-bond donors (Lipinski definition) is 1. The maximum absolute atomic E-state index is 12.7. The molecule has 2 aromatic carbocycles. The molecule has 0 unspecified atom stereocenters. The van der Waals surface area contributed by atoms with Gasteiger partial charge in [0.05, 0.1) is 6.10 Å². The average molecular weight is 421 g/mol. The van der Waals surface area contributed by atoms with Crippen LogP contribution in [0.15, 0.2) is 51.7 Å². The zero-order chi connectivity index (χ0) is 21.8. The first-order valence-electron chi connectivity index (χ1n) is 10.6. The molecule has 0 spiro atoms. The van der Waals surface area contributed by atoms with Crippen LogP contribution in [0.25, 0.3) is 11.0 Å². The molecule has 31 heavy (non-hydrogen) atoms. The van der Waals surface area contributed by atoms with Crippen molar-refractivity contribution >= 4 is 16.9 Å². The molecular weight excluding hydrogens is 394 g/mol. The van der Waals surface area contributed by atoms with Gasteiger partial charge in [-0.2, -0.15) is 0 Å². The summed E-state index contributed by atoms with van der Waals surface area (Å²) in [7, 11) is 0. The summed E-state index contributed by atoms with van der Waals surface area (Å²) in [4.78, 5) is 24.8. The van der Waals surface area contributed by atoms with Crippen LogP contribution in [0.2, 0.25) is 0 Å². The van der Waals surface area contributed by atoms with Crippen LogP contribution in [0, 0.1) is 13.8 Å². The smallest absolute Gasteiger partial charge is 0.340 e. The van der Waals surface area contributed by atoms with Gasteiger partial charge in [-0.05, 0) is 49.9 Å². The van der Waals surface area contributed by atoms with Crippen molar-refractivity contribution in [3.05, 3.63) is 75.1 Å². The molecule has 1 atom stereocenters. The lowest BCUT2D eigenvalue weighted by molar-refractivity contribution is -0.123. The monoisotopic (exact) mass is 421 g/mol. The van der Waals surface area contributed by atoms with Crippen molar-refractivity contribution in [3.8, 4) is 5.75 Å². The van der Waals surface area contributed by atoms with E-state index >= 15 is 0 Å². The molecule has 1 aliphatic rings. The number of amides is 1. The van der Waals surface area contributed by atoms with Crippen LogP contribution in [-0.4, -0.2) is 31.8 Å². The number of ether oxygens (including phenoxy) is 2. The zero-order valence-electron chi connectivity index (χ0n) is 17.9. The molecule has 4 rings (SSSR count). The minimum Gasteiger partial charge on any atom is -0.483 e. The summed E-state index contributed by atoms with van der Waals surface area (Å²) in [5.41, 5.74) is 3.47. The van der Waals surface area contributed by atoms with E-state index < -0.39 is 0 Å². The van der Waals surface area contributed by atoms with E-state index in [0.717, 1.165) is 36.0 Å². The summed E-state index contributed by atoms with van der Waals surface area (Å²) in [5, 5.41) is 3.71. The fourth-order valence-electron chi connectivity index (χ4n) is 3.96. The van der Waals surface area contributed by atoms with Crippen molar-refractivity contribution < 1.29 is 18.7 Å². The quantitative estimate of drug-likeness (QED) is 0.589. The van der Waals surface area contributed by atoms with E-state index in [9.17, 15) is 9.59 Å². The second-order valence-electron chi connectivity index (χ2n) is 7.95. The van der Waals surface area contributed by atoms with Crippen LogP contribution in [0.1, 0.15) is 35.1 Å². The Kier molecular flexibility index (Phi) is 6.37. The minimum absolute atomic E-state index is 0.0914. The number of aryl methyl sites for hydroxylation is 2. The van der Waals surface area contributed by atoms with Gasteiger partial charge < -0.3 is 19.2 Å². The predicted molar refractivity (Wildman–Crippen MR) is 119 cm³/mol. The summed E-state index contributed by atoms with van der Waals surface area (Å²) < 4.78 is 16.9. The Labute approximate surface area is 181 Å². The Bertz CT molecular complexity index is 1130. The van der Waals surface area contributed by atoms with Crippen LogP contribution in [0.4, 0.5) is 0 Å². The number of nitrogens with one attached hydrogen (secondary N) is 1. The average Bonchev–Trinajstić information content (AvgIpc) is 3.30. The first-order valence-corrected chi connectivity index (χ1v) is 10.6. The Morgan fingerprint density at radius 2 is 1.94 bits per heavy atom. The zero-order valence-corrected chi connectivity index (χ0v) is 17.9. The summed E-state index contributed by atoms with van der Waals surface area (Å²) in [6, 6.07) is 13.6. The third-order valence-electron chi connectivity index (χ3n) is 5.79. The maximum atomic E-state index is 12.7. The van der Waals surface area contributed by atoms with E-state index in [2.05, 4.69) is 5.32 Å². The van der Waals surface area contributed by atoms with E-state index in [4.69, 9.17) is 13.9 Å². The van der Waals surface area contributed by atoms with E-state index in [1.807, 2.05) is 56.3 Å². The highest BCUT2D eigenvalue weighted by Gasteiger charge is 2.18. The van der Waals surface area contributed by atoms with Gasteiger partial charge in [-0.25, -0.2) is 4.79 Å². The van der Waals surface area contributed by atoms with Crippen molar-refractivity contribution in [1.29, 1.82) is 0 Å². The third kappa shape index (κ3) is 4.80. The number of carbonyl (C=O) groups is 1. The van der Waals surface area contributed by atoms with Gasteiger partial charge in [0, 0.05) is 36.1 Å². The molecule has 1 aliphatic heterocycles. The summed E-state index contributed by atoms with van der Waals surface area (Å²) >= 11 is 0. The number of hydrogen-bond acceptors (Lipinski definition) is 5. The first kappa shape index (κ1) is 21.1. The molecule has 162 valence electrons. The van der Waals surface area contributed by atoms with Crippen molar-refractivity contribution in [1.82, 2.24) is 5.32 Å². The highest BCUT2D eigenvalue weighted by molar-refractivity contribution is 5.86. The molecule has 2 heterocycles. The van der Waals surface area contributed by atoms with Crippen LogP contribution < -0.4 is 15.7 Å². The van der Waals surface area contributed by atoms with Gasteiger partial charge >= 0.3 is 5.63 Å². The topological polar surface area (TPSA) is 77.8 Å². The number of rotatable bonds is 7. The molecule has 1 amide bonds. The van der Waals surface area contributed by atoms with Gasteiger partial charge in [0.25, 0.3) is 5.91 Å². The number of benzene rings is 2. The van der Waals surface area contributed by atoms with Gasteiger partial charge in [0.2, 0.25) is 0 Å². The fraction of sp³-hybridized carbons (Fsp3) is 0.360. The molecule has 3 aromatic rings. The molecule has 0 aliphatic carbocycles. The molecule has 1 aromatic heterocycles. The van der Waals surface area contributed by atoms with Crippen LogP contribution in [-0.2, 0) is 16.0 Å². The van der Waals surface area contributed by atoms with E-state index in [0.29, 0.717) is 35.4 Å². The molecule has 6 nitrogen and oxygen atoms in total. The largest absolute Gasteiger partial charge is 0.483 e. The predicted octanol–water partition coefficient (Wildman–Crippen LogP) is 3.67. The van der Waals surface area contributed by atoms with Gasteiger partial charge in [0.15, 0.2) is 6.61 Å². The second-order valence-corrected chi connectivity index (χ2v) is 7.95. The standard InChI is InChI=1S/C25H27NO5/c1-16-20-10-11-22(30-15-23(27)26-14-19-9-6-12-29-19)17(2)24(20)31-25(28)21(16)13-18-7-4-3-5-8-18/h3-5,7-8,10-11,19H,6,9,12-15H2,1-2H3,(H,26,27)/t19-/m0/s1. The SMILES string of the molecule is Cc1c(Cc2ccccc2)c(=O)oc2c(C)c(OCC(=O)NC[C@@H]3CCCO3)ccc12. The van der Waals surface area contributed by atoms with Crippen LogP contribution >= 0.6 is 0 Å². The molecule has 0 saturated carbocycles. The first-order chi connectivity index (χ1) is 15.0. The van der Waals surface area contributed by atoms with Gasteiger partial charge in [0.1, 0.15) is 11.3 Å². The summed E-state index contributed by atoms with van der Waals surface area (Å²) in [6.45, 7) is 4.92. The lowest BCUT2D eigenvalue weighted by Gasteiger charge is -2.14. The van der Waals surface area contributed by atoms with Crippen molar-refractivity contribution in [2.45, 2.75) is 39.2 Å². The summed E-state index contributed by atoms with van der Waals surface area (Å²) in [6.07, 6.45) is 2.61. The Hall–Kier alpha value is -3.12. The normalized spacial score (nSPS) is 15.9. The van der Waals surface area contributed by atoms with E-state index in [1.54, 1.807) is 0 Å². The molecule has 0 bridgehead atoms. The Morgan fingerprint density at radius 3 is 2.68 bits per heavy atom. The molecule has 1 saturated heterocycles. The molecule has 6 heteroatoms. The van der Waals surface area contributed by atoms with Crippen molar-refractivity contribution in [2.24, 2.45) is 0 Å². The van der Waals surface area contributed by atoms with Gasteiger partial charge in [-0.1, -0.05) is 30.3 Å². The van der Waals surface area contributed by atoms with Gasteiger partial charge in [-0.15, -0.1) is 0 Å². The minimum atomic E-state index is -0.344. The lowest BCUT2D eigenvalue weighted by Crippen LogP contribution is -2.35. The highest BCUT2D eigenvalue weighted by atomic mass is 16.5. The van der Waals surface area contributed by atoms with Gasteiger partial charge in [-0.3, -0.25) is 4.79 Å². The van der Waals surface area contributed by atoms with Crippen LogP contribution in [0.5, 0.6) is 5.75 Å². The van der Waals surface area contributed by atoms with Crippen molar-refractivity contribution in [3.63, 3.8) is 0 Å². The molecule has 1 N–H and O–H groups in total. The lowest BCUT2D eigenvalue weighted by atomic mass is 9.98. The van der Waals surface area contributed by atoms with Crippen molar-refractivity contribution in [2.75, 3.05) is 19.8 Å². The number of carbonyl (C=O) groups excluding carboxylic acids is 1. The number of fused-ring (bicyclic) bond motifs is 1. The molecule has 0 radical (unpaired) electrons. The second kappa shape index (κ2) is 9.35. The fourth-order valence-corrected chi connectivity index (χ4v) is 3.96. The maximum Gasteiger partial charge on any atom is 0.340 e. The van der Waals surface area contributed by atoms with E-state index in [-0.39, 0.29) is 24.2 Å². The van der Waals surface area contributed by atoms with Crippen LogP contribution in [0.3, 0.4) is 0 Å². The Morgan fingerprint density at radius 1 is 1.13 bits per heavy atom. The Balaban J connectivity index is 1.50. The van der Waals surface area contributed by atoms with E-state index in [1.165, 1.54) is 0 Å². The highest BCUT2D eigenvalue weighted by Crippen LogP contribution is 2.30.